The molecule has 1 aliphatic heterocycles. The SMILES string of the molecule is CCOC(=O)c1ncc(C(=O)N2CCC(c3c[nH]c4ccccc34)CC2)s1. The molecule has 3 heterocycles. The number of carbonyl (C=O) groups excluding carboxylic acids is 2. The van der Waals surface area contributed by atoms with Gasteiger partial charge in [0.1, 0.15) is 4.88 Å². The molecule has 0 bridgehead atoms. The number of ether oxygens (including phenoxy) is 1. The highest BCUT2D eigenvalue weighted by Gasteiger charge is 2.27. The summed E-state index contributed by atoms with van der Waals surface area (Å²) in [6.07, 6.45) is 5.43. The Morgan fingerprint density at radius 2 is 2.07 bits per heavy atom. The lowest BCUT2D eigenvalue weighted by atomic mass is 9.89. The lowest BCUT2D eigenvalue weighted by Crippen LogP contribution is -2.37. The van der Waals surface area contributed by atoms with Crippen molar-refractivity contribution in [3.63, 3.8) is 0 Å². The third-order valence-corrected chi connectivity index (χ3v) is 5.98. The minimum Gasteiger partial charge on any atom is -0.461 e. The number of nitrogens with zero attached hydrogens (tertiary/aromatic N) is 2. The molecular weight excluding hydrogens is 362 g/mol. The molecule has 1 fully saturated rings. The molecule has 0 unspecified atom stereocenters. The Bertz CT molecular complexity index is 970. The van der Waals surface area contributed by atoms with E-state index < -0.39 is 5.97 Å². The van der Waals surface area contributed by atoms with Crippen LogP contribution in [0, 0.1) is 0 Å². The molecule has 1 aliphatic rings. The normalized spacial score (nSPS) is 15.2. The molecule has 0 radical (unpaired) electrons. The fraction of sp³-hybridized carbons (Fsp3) is 0.350. The maximum absolute atomic E-state index is 12.7. The summed E-state index contributed by atoms with van der Waals surface area (Å²) in [4.78, 5) is 34.2. The van der Waals surface area contributed by atoms with E-state index in [0.29, 0.717) is 30.5 Å². The molecule has 3 aromatic rings. The molecule has 0 aliphatic carbocycles. The molecule has 0 saturated carbocycles. The van der Waals surface area contributed by atoms with Gasteiger partial charge < -0.3 is 14.6 Å². The second kappa shape index (κ2) is 7.52. The zero-order chi connectivity index (χ0) is 18.8. The largest absolute Gasteiger partial charge is 0.461 e. The highest BCUT2D eigenvalue weighted by molar-refractivity contribution is 7.15. The summed E-state index contributed by atoms with van der Waals surface area (Å²) in [6.45, 7) is 3.45. The van der Waals surface area contributed by atoms with Crippen molar-refractivity contribution >= 4 is 34.1 Å². The first kappa shape index (κ1) is 17.7. The maximum atomic E-state index is 12.7. The molecule has 1 aromatic carbocycles. The zero-order valence-corrected chi connectivity index (χ0v) is 15.9. The Labute approximate surface area is 161 Å². The highest BCUT2D eigenvalue weighted by atomic mass is 32.1. The van der Waals surface area contributed by atoms with E-state index in [0.717, 1.165) is 29.7 Å². The minimum absolute atomic E-state index is 0.0552. The van der Waals surface area contributed by atoms with Gasteiger partial charge >= 0.3 is 5.97 Å². The van der Waals surface area contributed by atoms with Gasteiger partial charge in [-0.1, -0.05) is 18.2 Å². The number of fused-ring (bicyclic) bond motifs is 1. The number of H-pyrrole nitrogens is 1. The van der Waals surface area contributed by atoms with Crippen LogP contribution < -0.4 is 0 Å². The number of aromatic amines is 1. The third kappa shape index (κ3) is 3.47. The number of carbonyl (C=O) groups is 2. The molecule has 1 amide bonds. The van der Waals surface area contributed by atoms with E-state index in [4.69, 9.17) is 4.74 Å². The van der Waals surface area contributed by atoms with Crippen LogP contribution in [0.4, 0.5) is 0 Å². The average Bonchev–Trinajstić information content (AvgIpc) is 3.35. The Morgan fingerprint density at radius 3 is 2.85 bits per heavy atom. The van der Waals surface area contributed by atoms with E-state index in [1.54, 1.807) is 6.92 Å². The fourth-order valence-corrected chi connectivity index (χ4v) is 4.42. The number of para-hydroxylation sites is 1. The van der Waals surface area contributed by atoms with Crippen molar-refractivity contribution in [3.8, 4) is 0 Å². The van der Waals surface area contributed by atoms with E-state index in [-0.39, 0.29) is 10.9 Å². The highest BCUT2D eigenvalue weighted by Crippen LogP contribution is 2.33. The summed E-state index contributed by atoms with van der Waals surface area (Å²) in [6, 6.07) is 8.32. The van der Waals surface area contributed by atoms with E-state index in [1.165, 1.54) is 17.1 Å². The van der Waals surface area contributed by atoms with Gasteiger partial charge in [-0.25, -0.2) is 9.78 Å². The molecule has 1 N–H and O–H groups in total. The fourth-order valence-electron chi connectivity index (χ4n) is 3.64. The van der Waals surface area contributed by atoms with Crippen LogP contribution in [0.15, 0.2) is 36.7 Å². The third-order valence-electron chi connectivity index (χ3n) is 5.01. The van der Waals surface area contributed by atoms with Crippen molar-refractivity contribution in [1.29, 1.82) is 0 Å². The number of esters is 1. The molecule has 2 aromatic heterocycles. The van der Waals surface area contributed by atoms with Crippen LogP contribution in [0.1, 0.15) is 50.7 Å². The average molecular weight is 383 g/mol. The summed E-state index contributed by atoms with van der Waals surface area (Å²) < 4.78 is 4.94. The van der Waals surface area contributed by atoms with Crippen molar-refractivity contribution in [2.24, 2.45) is 0 Å². The predicted octanol–water partition coefficient (Wildman–Crippen LogP) is 3.82. The number of hydrogen-bond donors (Lipinski definition) is 1. The molecule has 0 atom stereocenters. The van der Waals surface area contributed by atoms with Crippen LogP contribution in [0.5, 0.6) is 0 Å². The number of nitrogens with one attached hydrogen (secondary N) is 1. The molecular formula is C20H21N3O3S. The number of aromatic nitrogens is 2. The standard InChI is InChI=1S/C20H21N3O3S/c1-2-26-20(25)18-22-12-17(27-18)19(24)23-9-7-13(8-10-23)15-11-21-16-6-4-3-5-14(15)16/h3-6,11-13,21H,2,7-10H2,1H3. The van der Waals surface area contributed by atoms with E-state index in [9.17, 15) is 9.59 Å². The molecule has 0 spiro atoms. The Morgan fingerprint density at radius 1 is 1.30 bits per heavy atom. The van der Waals surface area contributed by atoms with Gasteiger partial charge in [0.2, 0.25) is 5.01 Å². The van der Waals surface area contributed by atoms with Gasteiger partial charge in [0.05, 0.1) is 12.8 Å². The van der Waals surface area contributed by atoms with Gasteiger partial charge in [-0.15, -0.1) is 11.3 Å². The van der Waals surface area contributed by atoms with Crippen molar-refractivity contribution in [2.45, 2.75) is 25.7 Å². The summed E-state index contributed by atoms with van der Waals surface area (Å²) in [5.41, 5.74) is 2.49. The molecule has 27 heavy (non-hydrogen) atoms. The Balaban J connectivity index is 1.42. The van der Waals surface area contributed by atoms with Crippen molar-refractivity contribution in [2.75, 3.05) is 19.7 Å². The number of likely N-dealkylation sites (tertiary alicyclic amines) is 1. The lowest BCUT2D eigenvalue weighted by Gasteiger charge is -2.31. The van der Waals surface area contributed by atoms with Gasteiger partial charge in [-0.2, -0.15) is 0 Å². The van der Waals surface area contributed by atoms with Crippen molar-refractivity contribution < 1.29 is 14.3 Å². The van der Waals surface area contributed by atoms with Crippen molar-refractivity contribution in [3.05, 3.63) is 52.1 Å². The van der Waals surface area contributed by atoms with Gasteiger partial charge in [-0.05, 0) is 37.3 Å². The minimum atomic E-state index is -0.473. The quantitative estimate of drug-likeness (QED) is 0.695. The molecule has 6 nitrogen and oxygen atoms in total. The Hall–Kier alpha value is -2.67. The first-order chi connectivity index (χ1) is 13.2. The number of thiazole rings is 1. The zero-order valence-electron chi connectivity index (χ0n) is 15.1. The summed E-state index contributed by atoms with van der Waals surface area (Å²) in [7, 11) is 0. The smallest absolute Gasteiger partial charge is 0.367 e. The molecule has 7 heteroatoms. The molecule has 1 saturated heterocycles. The number of piperidine rings is 1. The summed E-state index contributed by atoms with van der Waals surface area (Å²) in [5.74, 6) is -0.0817. The topological polar surface area (TPSA) is 75.3 Å². The first-order valence-corrected chi connectivity index (χ1v) is 9.97. The first-order valence-electron chi connectivity index (χ1n) is 9.15. The van der Waals surface area contributed by atoms with Crippen molar-refractivity contribution in [1.82, 2.24) is 14.9 Å². The van der Waals surface area contributed by atoms with E-state index >= 15 is 0 Å². The van der Waals surface area contributed by atoms with Crippen LogP contribution in [-0.4, -0.2) is 46.4 Å². The van der Waals surface area contributed by atoms with Gasteiger partial charge in [0.15, 0.2) is 0 Å². The summed E-state index contributed by atoms with van der Waals surface area (Å²) in [5, 5.41) is 1.50. The number of benzene rings is 1. The van der Waals surface area contributed by atoms with Crippen LogP contribution in [0.2, 0.25) is 0 Å². The van der Waals surface area contributed by atoms with Gasteiger partial charge in [0, 0.05) is 30.2 Å². The predicted molar refractivity (Wildman–Crippen MR) is 104 cm³/mol. The van der Waals surface area contributed by atoms with Crippen LogP contribution >= 0.6 is 11.3 Å². The van der Waals surface area contributed by atoms with Crippen LogP contribution in [0.3, 0.4) is 0 Å². The number of amides is 1. The van der Waals surface area contributed by atoms with E-state index in [2.05, 4.69) is 34.4 Å². The maximum Gasteiger partial charge on any atom is 0.367 e. The molecule has 4 rings (SSSR count). The van der Waals surface area contributed by atoms with E-state index in [1.807, 2.05) is 11.0 Å². The number of hydrogen-bond acceptors (Lipinski definition) is 5. The van der Waals surface area contributed by atoms with Crippen LogP contribution in [0.25, 0.3) is 10.9 Å². The number of rotatable bonds is 4. The summed E-state index contributed by atoms with van der Waals surface area (Å²) >= 11 is 1.10. The van der Waals surface area contributed by atoms with Gasteiger partial charge in [0.25, 0.3) is 5.91 Å². The Kier molecular flexibility index (Phi) is 4.94. The molecule has 140 valence electrons. The van der Waals surface area contributed by atoms with Gasteiger partial charge in [-0.3, -0.25) is 4.79 Å². The lowest BCUT2D eigenvalue weighted by molar-refractivity contribution is 0.0525. The monoisotopic (exact) mass is 383 g/mol. The second-order valence-electron chi connectivity index (χ2n) is 6.61. The van der Waals surface area contributed by atoms with Crippen LogP contribution in [-0.2, 0) is 4.74 Å². The second-order valence-corrected chi connectivity index (χ2v) is 7.64.